The molecule has 0 bridgehead atoms. The minimum atomic E-state index is -4.81. The number of hydrogen-bond acceptors (Lipinski definition) is 2. The SMILES string of the molecule is COC/C=C/C1CCC(C2CCC(CCc3ccccc3C(=O)C(F)(F)F)CC2)CC1. The number of allylic oxidation sites excluding steroid dienone is 1. The Morgan fingerprint density at radius 3 is 2.23 bits per heavy atom. The molecule has 2 aliphatic rings. The molecule has 31 heavy (non-hydrogen) atoms. The van der Waals surface area contributed by atoms with Gasteiger partial charge in [0, 0.05) is 12.7 Å². The average Bonchev–Trinajstić information content (AvgIpc) is 2.78. The molecule has 2 fully saturated rings. The molecule has 1 aromatic rings. The zero-order valence-electron chi connectivity index (χ0n) is 18.5. The second-order valence-corrected chi connectivity index (χ2v) is 9.36. The van der Waals surface area contributed by atoms with Crippen molar-refractivity contribution >= 4 is 5.78 Å². The largest absolute Gasteiger partial charge is 0.454 e. The molecular weight excluding hydrogens is 401 g/mol. The summed E-state index contributed by atoms with van der Waals surface area (Å²) in [6, 6.07) is 6.21. The zero-order chi connectivity index (χ0) is 22.3. The summed E-state index contributed by atoms with van der Waals surface area (Å²) in [5, 5.41) is 0. The Labute approximate surface area is 184 Å². The summed E-state index contributed by atoms with van der Waals surface area (Å²) in [6.45, 7) is 0.693. The van der Waals surface area contributed by atoms with Crippen LogP contribution in [0.25, 0.3) is 0 Å². The molecule has 0 aliphatic heterocycles. The lowest BCUT2D eigenvalue weighted by atomic mass is 9.68. The van der Waals surface area contributed by atoms with Crippen LogP contribution < -0.4 is 0 Å². The lowest BCUT2D eigenvalue weighted by molar-refractivity contribution is -0.0885. The number of ether oxygens (including phenoxy) is 1. The second kappa shape index (κ2) is 11.3. The number of ketones is 1. The Morgan fingerprint density at radius 1 is 1.00 bits per heavy atom. The number of aryl methyl sites for hydroxylation is 1. The Balaban J connectivity index is 1.43. The summed E-state index contributed by atoms with van der Waals surface area (Å²) < 4.78 is 43.7. The van der Waals surface area contributed by atoms with E-state index in [4.69, 9.17) is 4.74 Å². The molecule has 0 aromatic heterocycles. The summed E-state index contributed by atoms with van der Waals surface area (Å²) >= 11 is 0. The van der Waals surface area contributed by atoms with E-state index in [9.17, 15) is 18.0 Å². The Hall–Kier alpha value is -1.62. The number of rotatable bonds is 8. The van der Waals surface area contributed by atoms with Crippen molar-refractivity contribution in [3.8, 4) is 0 Å². The molecule has 2 nitrogen and oxygen atoms in total. The van der Waals surface area contributed by atoms with E-state index in [0.29, 0.717) is 30.4 Å². The lowest BCUT2D eigenvalue weighted by Gasteiger charge is -2.37. The van der Waals surface area contributed by atoms with Gasteiger partial charge in [-0.1, -0.05) is 49.3 Å². The van der Waals surface area contributed by atoms with Crippen molar-refractivity contribution in [3.63, 3.8) is 0 Å². The van der Waals surface area contributed by atoms with Crippen molar-refractivity contribution in [1.29, 1.82) is 0 Å². The molecule has 5 heteroatoms. The number of carbonyl (C=O) groups is 1. The molecule has 0 saturated heterocycles. The number of hydrogen-bond donors (Lipinski definition) is 0. The predicted octanol–water partition coefficient (Wildman–Crippen LogP) is 7.18. The van der Waals surface area contributed by atoms with Crippen LogP contribution in [-0.2, 0) is 11.2 Å². The highest BCUT2D eigenvalue weighted by Gasteiger charge is 2.40. The summed E-state index contributed by atoms with van der Waals surface area (Å²) in [7, 11) is 1.72. The van der Waals surface area contributed by atoms with Crippen LogP contribution in [-0.4, -0.2) is 25.7 Å². The molecule has 3 rings (SSSR count). The second-order valence-electron chi connectivity index (χ2n) is 9.36. The number of halogens is 3. The van der Waals surface area contributed by atoms with Crippen LogP contribution in [0.3, 0.4) is 0 Å². The normalized spacial score (nSPS) is 27.5. The summed E-state index contributed by atoms with van der Waals surface area (Å²) in [5.74, 6) is 1.16. The molecule has 0 heterocycles. The van der Waals surface area contributed by atoms with Crippen molar-refractivity contribution in [1.82, 2.24) is 0 Å². The smallest absolute Gasteiger partial charge is 0.381 e. The molecule has 0 unspecified atom stereocenters. The van der Waals surface area contributed by atoms with E-state index in [2.05, 4.69) is 12.2 Å². The first-order valence-corrected chi connectivity index (χ1v) is 11.7. The molecule has 0 amide bonds. The summed E-state index contributed by atoms with van der Waals surface area (Å²) in [4.78, 5) is 11.7. The van der Waals surface area contributed by atoms with E-state index in [1.54, 1.807) is 19.2 Å². The van der Waals surface area contributed by atoms with Gasteiger partial charge in [0.2, 0.25) is 0 Å². The molecule has 2 saturated carbocycles. The first kappa shape index (κ1) is 24.0. The topological polar surface area (TPSA) is 26.3 Å². The minimum absolute atomic E-state index is 0.181. The van der Waals surface area contributed by atoms with Crippen LogP contribution in [0.2, 0.25) is 0 Å². The number of benzene rings is 1. The number of carbonyl (C=O) groups excluding carboxylic acids is 1. The molecule has 0 atom stereocenters. The highest BCUT2D eigenvalue weighted by Crippen LogP contribution is 2.42. The van der Waals surface area contributed by atoms with Crippen LogP contribution in [0.1, 0.15) is 73.7 Å². The lowest BCUT2D eigenvalue weighted by Crippen LogP contribution is -2.26. The van der Waals surface area contributed by atoms with Gasteiger partial charge in [-0.25, -0.2) is 0 Å². The van der Waals surface area contributed by atoms with Crippen molar-refractivity contribution in [2.45, 2.75) is 70.4 Å². The first-order valence-electron chi connectivity index (χ1n) is 11.7. The molecule has 172 valence electrons. The predicted molar refractivity (Wildman–Crippen MR) is 117 cm³/mol. The fraction of sp³-hybridized carbons (Fsp3) is 0.654. The van der Waals surface area contributed by atoms with Crippen LogP contribution >= 0.6 is 0 Å². The Bertz CT molecular complexity index is 724. The maximum absolute atomic E-state index is 12.9. The standard InChI is InChI=1S/C26H35F3O2/c1-31-18-4-5-19-8-13-21(14-9-19)22-15-10-20(11-16-22)12-17-23-6-2-3-7-24(23)25(30)26(27,28)29/h2-7,19-22H,8-18H2,1H3/b5-4+. The van der Waals surface area contributed by atoms with Crippen LogP contribution in [0.15, 0.2) is 36.4 Å². The minimum Gasteiger partial charge on any atom is -0.381 e. The van der Waals surface area contributed by atoms with Gasteiger partial charge in [0.25, 0.3) is 5.78 Å². The third-order valence-electron chi connectivity index (χ3n) is 7.39. The van der Waals surface area contributed by atoms with E-state index < -0.39 is 12.0 Å². The Kier molecular flexibility index (Phi) is 8.76. The van der Waals surface area contributed by atoms with Gasteiger partial charge in [-0.2, -0.15) is 13.2 Å². The van der Waals surface area contributed by atoms with Crippen molar-refractivity contribution in [3.05, 3.63) is 47.5 Å². The van der Waals surface area contributed by atoms with Crippen molar-refractivity contribution < 1.29 is 22.7 Å². The van der Waals surface area contributed by atoms with Crippen molar-refractivity contribution in [2.24, 2.45) is 23.7 Å². The monoisotopic (exact) mass is 436 g/mol. The Morgan fingerprint density at radius 2 is 1.61 bits per heavy atom. The molecule has 1 aromatic carbocycles. The number of Topliss-reactive ketones (excluding diaryl/α,β-unsaturated/α-hetero) is 1. The highest BCUT2D eigenvalue weighted by atomic mass is 19.4. The van der Waals surface area contributed by atoms with Gasteiger partial charge < -0.3 is 4.74 Å². The van der Waals surface area contributed by atoms with E-state index in [1.807, 2.05) is 0 Å². The maximum atomic E-state index is 12.9. The van der Waals surface area contributed by atoms with Crippen molar-refractivity contribution in [2.75, 3.05) is 13.7 Å². The van der Waals surface area contributed by atoms with Crippen LogP contribution in [0.5, 0.6) is 0 Å². The van der Waals surface area contributed by atoms with Crippen LogP contribution in [0.4, 0.5) is 13.2 Å². The van der Waals surface area contributed by atoms with Crippen LogP contribution in [0, 0.1) is 23.7 Å². The molecular formula is C26H35F3O2. The molecule has 0 N–H and O–H groups in total. The summed E-state index contributed by atoms with van der Waals surface area (Å²) in [5.41, 5.74) is 0.354. The van der Waals surface area contributed by atoms with E-state index in [-0.39, 0.29) is 5.56 Å². The average molecular weight is 437 g/mol. The first-order chi connectivity index (χ1) is 14.9. The zero-order valence-corrected chi connectivity index (χ0v) is 18.5. The number of alkyl halides is 3. The summed E-state index contributed by atoms with van der Waals surface area (Å²) in [6.07, 6.45) is 11.0. The van der Waals surface area contributed by atoms with Gasteiger partial charge in [0.05, 0.1) is 6.61 Å². The van der Waals surface area contributed by atoms with E-state index >= 15 is 0 Å². The van der Waals surface area contributed by atoms with Gasteiger partial charge in [0.1, 0.15) is 0 Å². The fourth-order valence-corrected chi connectivity index (χ4v) is 5.57. The number of methoxy groups -OCH3 is 1. The maximum Gasteiger partial charge on any atom is 0.454 e. The van der Waals surface area contributed by atoms with Gasteiger partial charge >= 0.3 is 6.18 Å². The molecule has 0 spiro atoms. The third-order valence-corrected chi connectivity index (χ3v) is 7.39. The molecule has 2 aliphatic carbocycles. The quantitative estimate of drug-likeness (QED) is 0.319. The molecule has 0 radical (unpaired) electrons. The van der Waals surface area contributed by atoms with E-state index in [0.717, 1.165) is 31.1 Å². The van der Waals surface area contributed by atoms with Gasteiger partial charge in [-0.15, -0.1) is 0 Å². The van der Waals surface area contributed by atoms with Gasteiger partial charge in [-0.3, -0.25) is 4.79 Å². The highest BCUT2D eigenvalue weighted by molar-refractivity contribution is 6.01. The van der Waals surface area contributed by atoms with Gasteiger partial charge in [0.15, 0.2) is 0 Å². The fourth-order valence-electron chi connectivity index (χ4n) is 5.57. The van der Waals surface area contributed by atoms with E-state index in [1.165, 1.54) is 50.7 Å². The third kappa shape index (κ3) is 6.93. The van der Waals surface area contributed by atoms with Gasteiger partial charge in [-0.05, 0) is 80.6 Å².